The Hall–Kier alpha value is -4.45. The quantitative estimate of drug-likeness (QED) is 0.195. The van der Waals surface area contributed by atoms with Crippen LogP contribution in [0.2, 0.25) is 0 Å². The summed E-state index contributed by atoms with van der Waals surface area (Å²) in [5.74, 6) is 0.127. The first kappa shape index (κ1) is 24.7. The number of para-hydroxylation sites is 1. The summed E-state index contributed by atoms with van der Waals surface area (Å²) in [7, 11) is 3.09. The predicted octanol–water partition coefficient (Wildman–Crippen LogP) is 4.73. The van der Waals surface area contributed by atoms with Crippen molar-refractivity contribution in [3.8, 4) is 28.6 Å². The molecular weight excluding hydrogens is 489 g/mol. The fraction of sp³-hybridized carbons (Fsp3) is 0.125. The highest BCUT2D eigenvalue weighted by molar-refractivity contribution is 7.99. The van der Waals surface area contributed by atoms with Gasteiger partial charge in [-0.05, 0) is 42.5 Å². The first-order chi connectivity index (χ1) is 17.4. The van der Waals surface area contributed by atoms with Crippen LogP contribution in [0.1, 0.15) is 0 Å². The van der Waals surface area contributed by atoms with Crippen molar-refractivity contribution in [1.29, 1.82) is 0 Å². The second-order valence-corrected chi connectivity index (χ2v) is 8.25. The lowest BCUT2D eigenvalue weighted by Crippen LogP contribution is -2.15. The van der Waals surface area contributed by atoms with Crippen LogP contribution >= 0.6 is 11.8 Å². The smallest absolute Gasteiger partial charge is 0.306 e. The molecule has 3 aromatic carbocycles. The van der Waals surface area contributed by atoms with Gasteiger partial charge in [0.05, 0.1) is 24.9 Å². The second kappa shape index (κ2) is 10.9. The highest BCUT2D eigenvalue weighted by Gasteiger charge is 2.20. The van der Waals surface area contributed by atoms with E-state index in [-0.39, 0.29) is 11.4 Å². The maximum absolute atomic E-state index is 13.6. The molecule has 1 aromatic heterocycles. The summed E-state index contributed by atoms with van der Waals surface area (Å²) in [6.07, 6.45) is 0. The zero-order chi connectivity index (χ0) is 25.7. The van der Waals surface area contributed by atoms with Crippen LogP contribution in [0.15, 0.2) is 71.9 Å². The molecule has 0 aliphatic heterocycles. The number of anilines is 1. The van der Waals surface area contributed by atoms with Gasteiger partial charge >= 0.3 is 5.69 Å². The number of nitro benzene ring substituents is 1. The number of nitrogens with one attached hydrogen (secondary N) is 1. The van der Waals surface area contributed by atoms with Crippen LogP contribution in [0.25, 0.3) is 17.1 Å². The lowest BCUT2D eigenvalue weighted by Gasteiger charge is -2.12. The zero-order valence-corrected chi connectivity index (χ0v) is 20.0. The van der Waals surface area contributed by atoms with E-state index in [0.29, 0.717) is 22.5 Å². The summed E-state index contributed by atoms with van der Waals surface area (Å²) < 4.78 is 26.1. The highest BCUT2D eigenvalue weighted by atomic mass is 32.2. The van der Waals surface area contributed by atoms with Gasteiger partial charge in [-0.3, -0.25) is 19.5 Å². The Morgan fingerprint density at radius 1 is 1.06 bits per heavy atom. The van der Waals surface area contributed by atoms with Gasteiger partial charge in [0.1, 0.15) is 0 Å². The summed E-state index contributed by atoms with van der Waals surface area (Å²) in [6.45, 7) is 0. The number of benzene rings is 3. The van der Waals surface area contributed by atoms with Gasteiger partial charge in [-0.1, -0.05) is 30.0 Å². The normalized spacial score (nSPS) is 10.6. The number of aromatic nitrogens is 3. The van der Waals surface area contributed by atoms with E-state index in [2.05, 4.69) is 15.5 Å². The fourth-order valence-electron chi connectivity index (χ4n) is 3.39. The Morgan fingerprint density at radius 3 is 2.50 bits per heavy atom. The van der Waals surface area contributed by atoms with Crippen LogP contribution < -0.4 is 14.8 Å². The number of nitrogens with zero attached hydrogens (tertiary/aromatic N) is 4. The minimum Gasteiger partial charge on any atom is -0.493 e. The van der Waals surface area contributed by atoms with Crippen molar-refractivity contribution >= 4 is 29.0 Å². The number of thioether (sulfide) groups is 1. The third-order valence-electron chi connectivity index (χ3n) is 5.05. The van der Waals surface area contributed by atoms with E-state index in [0.717, 1.165) is 35.1 Å². The Bertz CT molecular complexity index is 1410. The van der Waals surface area contributed by atoms with E-state index in [9.17, 15) is 19.3 Å². The SMILES string of the molecule is COc1ccc(-c2nnc(SCC(=O)Nc3ccc(F)c([N+](=O)[O-])c3)n2-c2ccccc2)cc1OC. The average Bonchev–Trinajstić information content (AvgIpc) is 3.32. The molecule has 0 unspecified atom stereocenters. The van der Waals surface area contributed by atoms with E-state index < -0.39 is 22.3 Å². The van der Waals surface area contributed by atoms with E-state index >= 15 is 0 Å². The van der Waals surface area contributed by atoms with Crippen molar-refractivity contribution in [2.24, 2.45) is 0 Å². The van der Waals surface area contributed by atoms with Gasteiger partial charge in [-0.15, -0.1) is 10.2 Å². The van der Waals surface area contributed by atoms with Gasteiger partial charge in [0.15, 0.2) is 22.5 Å². The van der Waals surface area contributed by atoms with Crippen LogP contribution in [0.5, 0.6) is 11.5 Å². The number of amides is 1. The van der Waals surface area contributed by atoms with Crippen LogP contribution in [-0.4, -0.2) is 45.6 Å². The summed E-state index contributed by atoms with van der Waals surface area (Å²) in [5.41, 5.74) is 0.899. The van der Waals surface area contributed by atoms with Gasteiger partial charge in [0, 0.05) is 23.0 Å². The average molecular weight is 510 g/mol. The highest BCUT2D eigenvalue weighted by Crippen LogP contribution is 2.34. The largest absolute Gasteiger partial charge is 0.493 e. The Morgan fingerprint density at radius 2 is 1.81 bits per heavy atom. The molecule has 0 bridgehead atoms. The Labute approximate surface area is 209 Å². The molecule has 184 valence electrons. The van der Waals surface area contributed by atoms with Crippen LogP contribution in [-0.2, 0) is 4.79 Å². The van der Waals surface area contributed by atoms with Gasteiger partial charge in [-0.25, -0.2) is 0 Å². The Kier molecular flexibility index (Phi) is 7.44. The number of carbonyl (C=O) groups is 1. The fourth-order valence-corrected chi connectivity index (χ4v) is 4.14. The molecule has 1 amide bonds. The number of nitro groups is 1. The molecule has 4 rings (SSSR count). The summed E-state index contributed by atoms with van der Waals surface area (Å²) in [4.78, 5) is 22.7. The topological polar surface area (TPSA) is 121 Å². The summed E-state index contributed by atoms with van der Waals surface area (Å²) >= 11 is 1.13. The molecule has 36 heavy (non-hydrogen) atoms. The molecule has 0 aliphatic rings. The summed E-state index contributed by atoms with van der Waals surface area (Å²) in [6, 6.07) is 17.9. The number of ether oxygens (including phenoxy) is 2. The third kappa shape index (κ3) is 5.28. The van der Waals surface area contributed by atoms with Crippen LogP contribution in [0, 0.1) is 15.9 Å². The summed E-state index contributed by atoms with van der Waals surface area (Å²) in [5, 5.41) is 22.6. The van der Waals surface area contributed by atoms with Crippen molar-refractivity contribution in [3.63, 3.8) is 0 Å². The molecule has 0 spiro atoms. The first-order valence-electron chi connectivity index (χ1n) is 10.5. The maximum atomic E-state index is 13.6. The van der Waals surface area contributed by atoms with E-state index in [1.807, 2.05) is 41.0 Å². The van der Waals surface area contributed by atoms with Gasteiger partial charge in [0.2, 0.25) is 11.7 Å². The number of halogens is 1. The van der Waals surface area contributed by atoms with Crippen molar-refractivity contribution in [3.05, 3.63) is 82.7 Å². The maximum Gasteiger partial charge on any atom is 0.306 e. The lowest BCUT2D eigenvalue weighted by molar-refractivity contribution is -0.387. The van der Waals surface area contributed by atoms with Crippen molar-refractivity contribution in [2.45, 2.75) is 5.16 Å². The monoisotopic (exact) mass is 509 g/mol. The molecule has 1 heterocycles. The molecule has 12 heteroatoms. The molecule has 0 radical (unpaired) electrons. The van der Waals surface area contributed by atoms with Gasteiger partial charge < -0.3 is 14.8 Å². The number of rotatable bonds is 9. The standard InChI is InChI=1S/C24H20FN5O5S/c1-34-20-11-8-15(12-21(20)35-2)23-27-28-24(29(23)17-6-4-3-5-7-17)36-14-22(31)26-16-9-10-18(25)19(13-16)30(32)33/h3-13H,14H2,1-2H3,(H,26,31). The van der Waals surface area contributed by atoms with E-state index in [1.54, 1.807) is 26.4 Å². The molecule has 0 aliphatic carbocycles. The van der Waals surface area contributed by atoms with E-state index in [4.69, 9.17) is 9.47 Å². The molecule has 0 atom stereocenters. The first-order valence-corrected chi connectivity index (χ1v) is 11.5. The van der Waals surface area contributed by atoms with Crippen LogP contribution in [0.3, 0.4) is 0 Å². The van der Waals surface area contributed by atoms with Crippen molar-refractivity contribution in [2.75, 3.05) is 25.3 Å². The number of hydrogen-bond acceptors (Lipinski definition) is 8. The molecule has 0 saturated carbocycles. The van der Waals surface area contributed by atoms with Gasteiger partial charge in [-0.2, -0.15) is 4.39 Å². The molecular formula is C24H20FN5O5S. The molecule has 10 nitrogen and oxygen atoms in total. The lowest BCUT2D eigenvalue weighted by atomic mass is 10.2. The number of hydrogen-bond donors (Lipinski definition) is 1. The molecule has 4 aromatic rings. The van der Waals surface area contributed by atoms with Crippen molar-refractivity contribution < 1.29 is 23.6 Å². The molecule has 0 fully saturated rings. The van der Waals surface area contributed by atoms with Crippen molar-refractivity contribution in [1.82, 2.24) is 14.8 Å². The van der Waals surface area contributed by atoms with Crippen LogP contribution in [0.4, 0.5) is 15.8 Å². The molecule has 1 N–H and O–H groups in total. The van der Waals surface area contributed by atoms with Gasteiger partial charge in [0.25, 0.3) is 0 Å². The molecule has 0 saturated heterocycles. The second-order valence-electron chi connectivity index (χ2n) is 7.31. The van der Waals surface area contributed by atoms with E-state index in [1.165, 1.54) is 6.07 Å². The zero-order valence-electron chi connectivity index (χ0n) is 19.2. The minimum absolute atomic E-state index is 0.0674. The minimum atomic E-state index is -0.981. The Balaban J connectivity index is 1.60. The third-order valence-corrected chi connectivity index (χ3v) is 5.98. The predicted molar refractivity (Wildman–Crippen MR) is 132 cm³/mol. The number of carbonyl (C=O) groups excluding carboxylic acids is 1. The number of methoxy groups -OCH3 is 2.